The number of methoxy groups -OCH3 is 1. The molecular weight excluding hydrogens is 322 g/mol. The maximum absolute atomic E-state index is 11.8. The van der Waals surface area contributed by atoms with Gasteiger partial charge in [-0.25, -0.2) is 0 Å². The molecular formula is C15H20BrNO3. The molecule has 1 amide bonds. The second-order valence-corrected chi connectivity index (χ2v) is 5.68. The van der Waals surface area contributed by atoms with Gasteiger partial charge in [-0.15, -0.1) is 0 Å². The lowest BCUT2D eigenvalue weighted by Gasteiger charge is -2.18. The predicted molar refractivity (Wildman–Crippen MR) is 83.6 cm³/mol. The van der Waals surface area contributed by atoms with Crippen LogP contribution < -0.4 is 10.1 Å². The van der Waals surface area contributed by atoms with Gasteiger partial charge in [-0.3, -0.25) is 4.79 Å². The molecule has 1 aromatic carbocycles. The first-order valence-electron chi connectivity index (χ1n) is 6.41. The molecule has 4 nitrogen and oxygen atoms in total. The Morgan fingerprint density at radius 2 is 2.20 bits per heavy atom. The Bertz CT molecular complexity index is 486. The third-order valence-electron chi connectivity index (χ3n) is 2.94. The van der Waals surface area contributed by atoms with Crippen molar-refractivity contribution in [3.63, 3.8) is 0 Å². The smallest absolute Gasteiger partial charge is 0.244 e. The van der Waals surface area contributed by atoms with E-state index in [1.807, 2.05) is 32.0 Å². The zero-order chi connectivity index (χ0) is 15.1. The monoisotopic (exact) mass is 341 g/mol. The van der Waals surface area contributed by atoms with Crippen molar-refractivity contribution in [1.29, 1.82) is 0 Å². The van der Waals surface area contributed by atoms with Crippen LogP contribution in [0, 0.1) is 5.92 Å². The number of nitrogens with one attached hydrogen (secondary N) is 1. The molecule has 1 rings (SSSR count). The summed E-state index contributed by atoms with van der Waals surface area (Å²) in [5, 5.41) is 11.9. The number of aliphatic hydroxyl groups excluding tert-OH is 1. The molecule has 1 aromatic rings. The second-order valence-electron chi connectivity index (χ2n) is 4.76. The summed E-state index contributed by atoms with van der Waals surface area (Å²) in [6.45, 7) is 3.82. The zero-order valence-corrected chi connectivity index (χ0v) is 13.5. The summed E-state index contributed by atoms with van der Waals surface area (Å²) < 4.78 is 6.14. The van der Waals surface area contributed by atoms with E-state index in [1.165, 1.54) is 6.08 Å². The maximum atomic E-state index is 11.8. The number of benzene rings is 1. The van der Waals surface area contributed by atoms with E-state index in [0.29, 0.717) is 5.75 Å². The molecule has 20 heavy (non-hydrogen) atoms. The Kier molecular flexibility index (Phi) is 6.75. The number of hydrogen-bond donors (Lipinski definition) is 2. The van der Waals surface area contributed by atoms with Crippen molar-refractivity contribution in [2.75, 3.05) is 13.7 Å². The molecule has 0 aliphatic heterocycles. The van der Waals surface area contributed by atoms with E-state index < -0.39 is 0 Å². The molecule has 0 heterocycles. The van der Waals surface area contributed by atoms with Crippen molar-refractivity contribution >= 4 is 27.9 Å². The molecule has 0 aliphatic rings. The van der Waals surface area contributed by atoms with Gasteiger partial charge in [-0.2, -0.15) is 0 Å². The van der Waals surface area contributed by atoms with Gasteiger partial charge in [0.1, 0.15) is 5.75 Å². The van der Waals surface area contributed by atoms with E-state index in [9.17, 15) is 9.90 Å². The van der Waals surface area contributed by atoms with Crippen LogP contribution in [0.2, 0.25) is 0 Å². The van der Waals surface area contributed by atoms with Gasteiger partial charge in [0, 0.05) is 16.1 Å². The van der Waals surface area contributed by atoms with Crippen LogP contribution in [0.4, 0.5) is 0 Å². The average molecular weight is 342 g/mol. The van der Waals surface area contributed by atoms with Gasteiger partial charge in [0.15, 0.2) is 0 Å². The first kappa shape index (κ1) is 16.7. The van der Waals surface area contributed by atoms with Crippen molar-refractivity contribution in [1.82, 2.24) is 5.32 Å². The molecule has 1 unspecified atom stereocenters. The van der Waals surface area contributed by atoms with Gasteiger partial charge in [0.25, 0.3) is 0 Å². The fourth-order valence-corrected chi connectivity index (χ4v) is 2.03. The van der Waals surface area contributed by atoms with Gasteiger partial charge in [0.2, 0.25) is 5.91 Å². The number of ether oxygens (including phenoxy) is 1. The summed E-state index contributed by atoms with van der Waals surface area (Å²) in [5.74, 6) is 0.636. The summed E-state index contributed by atoms with van der Waals surface area (Å²) in [6.07, 6.45) is 3.13. The van der Waals surface area contributed by atoms with E-state index in [0.717, 1.165) is 10.0 Å². The number of carbonyl (C=O) groups excluding carboxylic acids is 1. The summed E-state index contributed by atoms with van der Waals surface area (Å²) in [4.78, 5) is 11.8. The third kappa shape index (κ3) is 4.98. The predicted octanol–water partition coefficient (Wildman–Crippen LogP) is 2.60. The van der Waals surface area contributed by atoms with Crippen LogP contribution in [-0.2, 0) is 4.79 Å². The molecule has 0 saturated carbocycles. The highest BCUT2D eigenvalue weighted by Gasteiger charge is 2.13. The third-order valence-corrected chi connectivity index (χ3v) is 3.43. The Morgan fingerprint density at radius 1 is 1.50 bits per heavy atom. The Balaban J connectivity index is 2.77. The molecule has 2 N–H and O–H groups in total. The minimum Gasteiger partial charge on any atom is -0.496 e. The molecule has 0 aromatic heterocycles. The number of amides is 1. The largest absolute Gasteiger partial charge is 0.496 e. The number of halogens is 1. The molecule has 5 heteroatoms. The van der Waals surface area contributed by atoms with Crippen LogP contribution >= 0.6 is 15.9 Å². The van der Waals surface area contributed by atoms with Crippen molar-refractivity contribution < 1.29 is 14.6 Å². The number of hydrogen-bond acceptors (Lipinski definition) is 3. The lowest BCUT2D eigenvalue weighted by atomic mass is 10.1. The fraction of sp³-hybridized carbons (Fsp3) is 0.400. The average Bonchev–Trinajstić information content (AvgIpc) is 2.42. The van der Waals surface area contributed by atoms with Gasteiger partial charge < -0.3 is 15.2 Å². The van der Waals surface area contributed by atoms with Crippen LogP contribution in [0.3, 0.4) is 0 Å². The van der Waals surface area contributed by atoms with Crippen molar-refractivity contribution in [2.45, 2.75) is 19.9 Å². The maximum Gasteiger partial charge on any atom is 0.244 e. The first-order valence-corrected chi connectivity index (χ1v) is 7.20. The minimum atomic E-state index is -0.239. The lowest BCUT2D eigenvalue weighted by molar-refractivity contribution is -0.117. The molecule has 0 saturated heterocycles. The van der Waals surface area contributed by atoms with E-state index >= 15 is 0 Å². The standard InChI is InChI=1S/C15H20BrNO3/c1-10(2)13(9-18)17-15(19)7-4-11-8-12(16)5-6-14(11)20-3/h4-8,10,13,18H,9H2,1-3H3,(H,17,19). The Labute approximate surface area is 128 Å². The fourth-order valence-electron chi connectivity index (χ4n) is 1.65. The quantitative estimate of drug-likeness (QED) is 0.782. The van der Waals surface area contributed by atoms with E-state index in [-0.39, 0.29) is 24.5 Å². The molecule has 0 fully saturated rings. The van der Waals surface area contributed by atoms with Crippen LogP contribution in [0.1, 0.15) is 19.4 Å². The summed E-state index contributed by atoms with van der Waals surface area (Å²) >= 11 is 3.38. The molecule has 0 spiro atoms. The van der Waals surface area contributed by atoms with Crippen LogP contribution in [0.15, 0.2) is 28.7 Å². The van der Waals surface area contributed by atoms with Gasteiger partial charge in [0.05, 0.1) is 19.8 Å². The zero-order valence-electron chi connectivity index (χ0n) is 11.9. The van der Waals surface area contributed by atoms with Crippen LogP contribution in [-0.4, -0.2) is 30.8 Å². The van der Waals surface area contributed by atoms with E-state index in [4.69, 9.17) is 4.74 Å². The van der Waals surface area contributed by atoms with E-state index in [1.54, 1.807) is 13.2 Å². The topological polar surface area (TPSA) is 58.6 Å². The van der Waals surface area contributed by atoms with Crippen molar-refractivity contribution in [3.8, 4) is 5.75 Å². The summed E-state index contributed by atoms with van der Waals surface area (Å²) in [5.41, 5.74) is 0.808. The van der Waals surface area contributed by atoms with Gasteiger partial charge in [-0.05, 0) is 30.2 Å². The molecule has 1 atom stereocenters. The Hall–Kier alpha value is -1.33. The molecule has 110 valence electrons. The van der Waals surface area contributed by atoms with Crippen LogP contribution in [0.5, 0.6) is 5.75 Å². The highest BCUT2D eigenvalue weighted by molar-refractivity contribution is 9.10. The highest BCUT2D eigenvalue weighted by Crippen LogP contribution is 2.24. The SMILES string of the molecule is COc1ccc(Br)cc1C=CC(=O)NC(CO)C(C)C. The molecule has 0 radical (unpaired) electrons. The van der Waals surface area contributed by atoms with Gasteiger partial charge >= 0.3 is 0 Å². The number of carbonyl (C=O) groups is 1. The van der Waals surface area contributed by atoms with Crippen molar-refractivity contribution in [3.05, 3.63) is 34.3 Å². The molecule has 0 bridgehead atoms. The summed E-state index contributed by atoms with van der Waals surface area (Å²) in [6, 6.07) is 5.33. The van der Waals surface area contributed by atoms with Crippen molar-refractivity contribution in [2.24, 2.45) is 5.92 Å². The van der Waals surface area contributed by atoms with E-state index in [2.05, 4.69) is 21.2 Å². The molecule has 0 aliphatic carbocycles. The van der Waals surface area contributed by atoms with Gasteiger partial charge in [-0.1, -0.05) is 29.8 Å². The Morgan fingerprint density at radius 3 is 2.75 bits per heavy atom. The highest BCUT2D eigenvalue weighted by atomic mass is 79.9. The number of rotatable bonds is 6. The second kappa shape index (κ2) is 8.07. The minimum absolute atomic E-state index is 0.0720. The number of aliphatic hydroxyl groups is 1. The van der Waals surface area contributed by atoms with Crippen LogP contribution in [0.25, 0.3) is 6.08 Å². The summed E-state index contributed by atoms with van der Waals surface area (Å²) in [7, 11) is 1.58. The normalized spacial score (nSPS) is 12.7. The lowest BCUT2D eigenvalue weighted by Crippen LogP contribution is -2.40. The first-order chi connectivity index (χ1) is 9.47.